The average molecular weight is 375 g/mol. The van der Waals surface area contributed by atoms with Gasteiger partial charge >= 0.3 is 6.03 Å². The van der Waals surface area contributed by atoms with Gasteiger partial charge in [-0.3, -0.25) is 14.5 Å². The SMILES string of the molecule is COc1ccc(CN2C(=O)N[C@@H](CC(=O)Nc3nnc(C)s3)C2=O)cc1. The number of aromatic nitrogens is 2. The van der Waals surface area contributed by atoms with Crippen molar-refractivity contribution >= 4 is 34.3 Å². The predicted octanol–water partition coefficient (Wildman–Crippen LogP) is 1.30. The third-order valence-electron chi connectivity index (χ3n) is 3.77. The Morgan fingerprint density at radius 1 is 1.31 bits per heavy atom. The molecular weight excluding hydrogens is 358 g/mol. The lowest BCUT2D eigenvalue weighted by molar-refractivity contribution is -0.130. The molecule has 26 heavy (non-hydrogen) atoms. The van der Waals surface area contributed by atoms with E-state index in [1.165, 1.54) is 11.3 Å². The van der Waals surface area contributed by atoms with Crippen molar-refractivity contribution in [3.05, 3.63) is 34.8 Å². The van der Waals surface area contributed by atoms with Gasteiger partial charge in [-0.2, -0.15) is 0 Å². The summed E-state index contributed by atoms with van der Waals surface area (Å²) in [7, 11) is 1.56. The first-order chi connectivity index (χ1) is 12.5. The molecule has 0 bridgehead atoms. The normalized spacial score (nSPS) is 16.5. The fraction of sp³-hybridized carbons (Fsp3) is 0.312. The van der Waals surface area contributed by atoms with Gasteiger partial charge in [0.1, 0.15) is 16.8 Å². The summed E-state index contributed by atoms with van der Waals surface area (Å²) in [6.45, 7) is 1.90. The van der Waals surface area contributed by atoms with E-state index in [2.05, 4.69) is 20.8 Å². The highest BCUT2D eigenvalue weighted by Crippen LogP contribution is 2.18. The molecule has 3 rings (SSSR count). The summed E-state index contributed by atoms with van der Waals surface area (Å²) < 4.78 is 5.08. The van der Waals surface area contributed by atoms with Crippen molar-refractivity contribution in [2.24, 2.45) is 0 Å². The minimum absolute atomic E-state index is 0.127. The molecule has 0 saturated carbocycles. The molecule has 0 spiro atoms. The summed E-state index contributed by atoms with van der Waals surface area (Å²) in [5.74, 6) is -0.159. The van der Waals surface area contributed by atoms with E-state index in [0.717, 1.165) is 15.5 Å². The van der Waals surface area contributed by atoms with E-state index in [0.29, 0.717) is 10.9 Å². The number of benzene rings is 1. The van der Waals surface area contributed by atoms with Crippen LogP contribution in [0.4, 0.5) is 9.93 Å². The molecule has 1 aromatic heterocycles. The second-order valence-corrected chi connectivity index (χ2v) is 6.83. The molecule has 136 valence electrons. The molecule has 9 nitrogen and oxygen atoms in total. The van der Waals surface area contributed by atoms with Crippen LogP contribution in [0.2, 0.25) is 0 Å². The number of amides is 4. The van der Waals surface area contributed by atoms with Crippen LogP contribution in [-0.4, -0.2) is 46.1 Å². The van der Waals surface area contributed by atoms with Crippen molar-refractivity contribution in [3.63, 3.8) is 0 Å². The molecule has 0 radical (unpaired) electrons. The Morgan fingerprint density at radius 3 is 2.65 bits per heavy atom. The van der Waals surface area contributed by atoms with Crippen molar-refractivity contribution in [1.29, 1.82) is 0 Å². The van der Waals surface area contributed by atoms with Gasteiger partial charge in [0.2, 0.25) is 11.0 Å². The first-order valence-corrected chi connectivity index (χ1v) is 8.62. The maximum absolute atomic E-state index is 12.4. The fourth-order valence-corrected chi connectivity index (χ4v) is 3.09. The van der Waals surface area contributed by atoms with Gasteiger partial charge < -0.3 is 15.4 Å². The molecule has 1 aliphatic rings. The molecule has 0 aliphatic carbocycles. The van der Waals surface area contributed by atoms with Crippen molar-refractivity contribution in [3.8, 4) is 5.75 Å². The predicted molar refractivity (Wildman–Crippen MR) is 93.8 cm³/mol. The number of nitrogens with zero attached hydrogens (tertiary/aromatic N) is 3. The lowest BCUT2D eigenvalue weighted by atomic mass is 10.1. The molecule has 2 N–H and O–H groups in total. The van der Waals surface area contributed by atoms with E-state index in [1.807, 2.05) is 0 Å². The maximum Gasteiger partial charge on any atom is 0.325 e. The Hall–Kier alpha value is -3.01. The molecule has 10 heteroatoms. The van der Waals surface area contributed by atoms with E-state index >= 15 is 0 Å². The standard InChI is InChI=1S/C16H17N5O4S/c1-9-19-20-15(26-9)18-13(22)7-12-14(23)21(16(24)17-12)8-10-3-5-11(25-2)6-4-10/h3-6,12H,7-8H2,1-2H3,(H,17,24)(H,18,20,22)/t12-/m0/s1. The highest BCUT2D eigenvalue weighted by atomic mass is 32.1. The molecule has 1 aliphatic heterocycles. The smallest absolute Gasteiger partial charge is 0.325 e. The number of nitrogens with one attached hydrogen (secondary N) is 2. The van der Waals surface area contributed by atoms with E-state index in [9.17, 15) is 14.4 Å². The summed E-state index contributed by atoms with van der Waals surface area (Å²) in [6.07, 6.45) is -0.164. The van der Waals surface area contributed by atoms with E-state index < -0.39 is 23.9 Å². The lowest BCUT2D eigenvalue weighted by Gasteiger charge is -2.13. The molecule has 1 fully saturated rings. The van der Waals surface area contributed by atoms with E-state index in [1.54, 1.807) is 38.3 Å². The van der Waals surface area contributed by atoms with Crippen LogP contribution in [0, 0.1) is 6.92 Å². The van der Waals surface area contributed by atoms with Crippen LogP contribution < -0.4 is 15.4 Å². The highest BCUT2D eigenvalue weighted by Gasteiger charge is 2.39. The molecular formula is C16H17N5O4S. The van der Waals surface area contributed by atoms with Gasteiger partial charge in [-0.05, 0) is 24.6 Å². The number of urea groups is 1. The fourth-order valence-electron chi connectivity index (χ4n) is 2.48. The first kappa shape index (κ1) is 17.8. The quantitative estimate of drug-likeness (QED) is 0.736. The Bertz CT molecular complexity index is 835. The third kappa shape index (κ3) is 3.97. The van der Waals surface area contributed by atoms with Gasteiger partial charge in [0.25, 0.3) is 5.91 Å². The van der Waals surface area contributed by atoms with Gasteiger partial charge in [-0.25, -0.2) is 4.79 Å². The maximum atomic E-state index is 12.4. The molecule has 0 unspecified atom stereocenters. The van der Waals surface area contributed by atoms with Crippen LogP contribution in [0.25, 0.3) is 0 Å². The number of rotatable bonds is 6. The number of imide groups is 1. The third-order valence-corrected chi connectivity index (χ3v) is 4.52. The Balaban J connectivity index is 1.59. The van der Waals surface area contributed by atoms with Crippen molar-refractivity contribution in [1.82, 2.24) is 20.4 Å². The minimum atomic E-state index is -0.894. The molecule has 1 saturated heterocycles. The number of hydrogen-bond donors (Lipinski definition) is 2. The van der Waals surface area contributed by atoms with Crippen LogP contribution in [0.3, 0.4) is 0 Å². The molecule has 2 aromatic rings. The van der Waals surface area contributed by atoms with Gasteiger partial charge in [0.05, 0.1) is 20.1 Å². The Morgan fingerprint density at radius 2 is 2.04 bits per heavy atom. The van der Waals surface area contributed by atoms with E-state index in [-0.39, 0.29) is 13.0 Å². The number of methoxy groups -OCH3 is 1. The van der Waals surface area contributed by atoms with Crippen molar-refractivity contribution < 1.29 is 19.1 Å². The number of aryl methyl sites for hydroxylation is 1. The molecule has 4 amide bonds. The highest BCUT2D eigenvalue weighted by molar-refractivity contribution is 7.15. The number of ether oxygens (including phenoxy) is 1. The van der Waals surface area contributed by atoms with Gasteiger partial charge in [-0.1, -0.05) is 23.5 Å². The van der Waals surface area contributed by atoms with E-state index in [4.69, 9.17) is 4.74 Å². The summed E-state index contributed by atoms with van der Waals surface area (Å²) >= 11 is 1.23. The summed E-state index contributed by atoms with van der Waals surface area (Å²) in [5.41, 5.74) is 0.781. The summed E-state index contributed by atoms with van der Waals surface area (Å²) in [6, 6.07) is 5.64. The zero-order chi connectivity index (χ0) is 18.7. The number of carbonyl (C=O) groups is 3. The van der Waals surface area contributed by atoms with Gasteiger partial charge in [-0.15, -0.1) is 10.2 Å². The summed E-state index contributed by atoms with van der Waals surface area (Å²) in [5, 5.41) is 13.8. The monoisotopic (exact) mass is 375 g/mol. The second kappa shape index (κ2) is 7.48. The second-order valence-electron chi connectivity index (χ2n) is 5.65. The topological polar surface area (TPSA) is 114 Å². The molecule has 1 atom stereocenters. The minimum Gasteiger partial charge on any atom is -0.497 e. The lowest BCUT2D eigenvalue weighted by Crippen LogP contribution is -2.34. The number of anilines is 1. The van der Waals surface area contributed by atoms with Gasteiger partial charge in [0.15, 0.2) is 0 Å². The Labute approximate surface area is 153 Å². The van der Waals surface area contributed by atoms with Gasteiger partial charge in [0, 0.05) is 0 Å². The van der Waals surface area contributed by atoms with Crippen LogP contribution >= 0.6 is 11.3 Å². The Kier molecular flexibility index (Phi) is 5.12. The number of carbonyl (C=O) groups excluding carboxylic acids is 3. The molecule has 1 aromatic carbocycles. The number of hydrogen-bond acceptors (Lipinski definition) is 7. The average Bonchev–Trinajstić information content (AvgIpc) is 3.13. The van der Waals surface area contributed by atoms with Crippen molar-refractivity contribution in [2.45, 2.75) is 25.9 Å². The van der Waals surface area contributed by atoms with Crippen LogP contribution in [0.5, 0.6) is 5.75 Å². The zero-order valence-corrected chi connectivity index (χ0v) is 15.0. The van der Waals surface area contributed by atoms with Crippen LogP contribution in [0.15, 0.2) is 24.3 Å². The van der Waals surface area contributed by atoms with Crippen molar-refractivity contribution in [2.75, 3.05) is 12.4 Å². The zero-order valence-electron chi connectivity index (χ0n) is 14.2. The summed E-state index contributed by atoms with van der Waals surface area (Å²) in [4.78, 5) is 37.7. The molecule has 2 heterocycles. The van der Waals surface area contributed by atoms with Crippen LogP contribution in [-0.2, 0) is 16.1 Å². The largest absolute Gasteiger partial charge is 0.497 e. The van der Waals surface area contributed by atoms with Crippen LogP contribution in [0.1, 0.15) is 17.0 Å². The first-order valence-electron chi connectivity index (χ1n) is 7.81.